The summed E-state index contributed by atoms with van der Waals surface area (Å²) < 4.78 is 2.06. The lowest BCUT2D eigenvalue weighted by Gasteiger charge is -2.03. The molecule has 2 N–H and O–H groups in total. The Balaban J connectivity index is 1.83. The molecule has 0 atom stereocenters. The molecular weight excluding hydrogens is 224 g/mol. The van der Waals surface area contributed by atoms with E-state index in [4.69, 9.17) is 5.73 Å². The highest BCUT2D eigenvalue weighted by atomic mass is 15.1. The van der Waals surface area contributed by atoms with Crippen molar-refractivity contribution in [2.24, 2.45) is 0 Å². The molecule has 3 aromatic rings. The first kappa shape index (κ1) is 10.8. The summed E-state index contributed by atoms with van der Waals surface area (Å²) in [4.78, 5) is 8.64. The number of imidazole rings is 1. The average Bonchev–Trinajstić information content (AvgIpc) is 2.80. The van der Waals surface area contributed by atoms with Crippen LogP contribution in [0.25, 0.3) is 11.2 Å². The van der Waals surface area contributed by atoms with Crippen molar-refractivity contribution < 1.29 is 0 Å². The predicted octanol–water partition coefficient (Wildman–Crippen LogP) is 2.26. The molecule has 3 rings (SSSR count). The first-order valence-electron chi connectivity index (χ1n) is 5.93. The van der Waals surface area contributed by atoms with Crippen LogP contribution in [0.3, 0.4) is 0 Å². The van der Waals surface area contributed by atoms with Crippen LogP contribution in [0, 0.1) is 0 Å². The standard InChI is InChI=1S/C14H14N4/c15-12-8-13-14(16-9-12)18(10-17-13)7-6-11-4-2-1-3-5-11/h1-5,8-10H,6-7,15H2. The maximum atomic E-state index is 5.69. The van der Waals surface area contributed by atoms with Gasteiger partial charge < -0.3 is 10.3 Å². The van der Waals surface area contributed by atoms with Gasteiger partial charge in [-0.2, -0.15) is 0 Å². The minimum absolute atomic E-state index is 0.649. The lowest BCUT2D eigenvalue weighted by atomic mass is 10.1. The lowest BCUT2D eigenvalue weighted by molar-refractivity contribution is 0.709. The summed E-state index contributed by atoms with van der Waals surface area (Å²) in [6.45, 7) is 0.872. The van der Waals surface area contributed by atoms with Crippen molar-refractivity contribution in [2.45, 2.75) is 13.0 Å². The highest BCUT2D eigenvalue weighted by Gasteiger charge is 2.04. The fourth-order valence-electron chi connectivity index (χ4n) is 2.02. The van der Waals surface area contributed by atoms with Gasteiger partial charge in [0.1, 0.15) is 5.52 Å². The minimum Gasteiger partial charge on any atom is -0.397 e. The number of benzene rings is 1. The van der Waals surface area contributed by atoms with Crippen molar-refractivity contribution in [2.75, 3.05) is 5.73 Å². The molecule has 0 bridgehead atoms. The lowest BCUT2D eigenvalue weighted by Crippen LogP contribution is -2.01. The number of rotatable bonds is 3. The Bertz CT molecular complexity index is 658. The highest BCUT2D eigenvalue weighted by Crippen LogP contribution is 2.13. The molecule has 2 aromatic heterocycles. The molecule has 0 saturated carbocycles. The Morgan fingerprint density at radius 1 is 1.11 bits per heavy atom. The number of pyridine rings is 1. The van der Waals surface area contributed by atoms with Gasteiger partial charge in [0.25, 0.3) is 0 Å². The molecule has 4 nitrogen and oxygen atoms in total. The van der Waals surface area contributed by atoms with E-state index in [0.29, 0.717) is 5.69 Å². The summed E-state index contributed by atoms with van der Waals surface area (Å²) in [5, 5.41) is 0. The molecule has 18 heavy (non-hydrogen) atoms. The maximum absolute atomic E-state index is 5.69. The van der Waals surface area contributed by atoms with Gasteiger partial charge in [-0.3, -0.25) is 0 Å². The Morgan fingerprint density at radius 3 is 2.78 bits per heavy atom. The predicted molar refractivity (Wildman–Crippen MR) is 72.1 cm³/mol. The molecule has 0 amide bonds. The topological polar surface area (TPSA) is 56.7 Å². The van der Waals surface area contributed by atoms with E-state index in [9.17, 15) is 0 Å². The van der Waals surface area contributed by atoms with Gasteiger partial charge in [-0.1, -0.05) is 30.3 Å². The molecular formula is C14H14N4. The second-order valence-corrected chi connectivity index (χ2v) is 4.28. The van der Waals surface area contributed by atoms with Crippen LogP contribution >= 0.6 is 0 Å². The van der Waals surface area contributed by atoms with Crippen molar-refractivity contribution in [3.05, 3.63) is 54.5 Å². The SMILES string of the molecule is Nc1cnc2c(c1)ncn2CCc1ccccc1. The van der Waals surface area contributed by atoms with Gasteiger partial charge >= 0.3 is 0 Å². The fourth-order valence-corrected chi connectivity index (χ4v) is 2.02. The Hall–Kier alpha value is -2.36. The summed E-state index contributed by atoms with van der Waals surface area (Å²) in [5.41, 5.74) is 9.39. The second-order valence-electron chi connectivity index (χ2n) is 4.28. The van der Waals surface area contributed by atoms with E-state index in [-0.39, 0.29) is 0 Å². The summed E-state index contributed by atoms with van der Waals surface area (Å²) in [6.07, 6.45) is 4.46. The summed E-state index contributed by atoms with van der Waals surface area (Å²) in [7, 11) is 0. The van der Waals surface area contributed by atoms with Crippen LogP contribution in [0.15, 0.2) is 48.9 Å². The van der Waals surface area contributed by atoms with Crippen LogP contribution in [-0.4, -0.2) is 14.5 Å². The van der Waals surface area contributed by atoms with E-state index in [2.05, 4.69) is 38.8 Å². The number of aryl methyl sites for hydroxylation is 2. The molecule has 0 fully saturated rings. The summed E-state index contributed by atoms with van der Waals surface area (Å²) in [6, 6.07) is 12.2. The molecule has 0 aliphatic rings. The fraction of sp³-hybridized carbons (Fsp3) is 0.143. The smallest absolute Gasteiger partial charge is 0.159 e. The molecule has 0 unspecified atom stereocenters. The minimum atomic E-state index is 0.649. The first-order valence-corrected chi connectivity index (χ1v) is 5.93. The molecule has 0 saturated heterocycles. The maximum Gasteiger partial charge on any atom is 0.159 e. The number of nitrogens with zero attached hydrogens (tertiary/aromatic N) is 3. The normalized spacial score (nSPS) is 10.9. The number of hydrogen-bond acceptors (Lipinski definition) is 3. The number of fused-ring (bicyclic) bond motifs is 1. The molecule has 0 aliphatic heterocycles. The van der Waals surface area contributed by atoms with Crippen LogP contribution in [0.4, 0.5) is 5.69 Å². The Morgan fingerprint density at radius 2 is 1.94 bits per heavy atom. The van der Waals surface area contributed by atoms with Crippen molar-refractivity contribution in [3.63, 3.8) is 0 Å². The zero-order chi connectivity index (χ0) is 12.4. The van der Waals surface area contributed by atoms with Crippen molar-refractivity contribution >= 4 is 16.9 Å². The van der Waals surface area contributed by atoms with Gasteiger partial charge in [0.05, 0.1) is 18.2 Å². The number of aromatic nitrogens is 3. The molecule has 1 aromatic carbocycles. The monoisotopic (exact) mass is 238 g/mol. The van der Waals surface area contributed by atoms with Gasteiger partial charge in [0.2, 0.25) is 0 Å². The zero-order valence-electron chi connectivity index (χ0n) is 9.95. The largest absolute Gasteiger partial charge is 0.397 e. The van der Waals surface area contributed by atoms with Crippen LogP contribution in [0.5, 0.6) is 0 Å². The van der Waals surface area contributed by atoms with E-state index in [1.807, 2.05) is 18.5 Å². The molecule has 0 radical (unpaired) electrons. The molecule has 0 spiro atoms. The van der Waals surface area contributed by atoms with E-state index < -0.39 is 0 Å². The van der Waals surface area contributed by atoms with Gasteiger partial charge in [0.15, 0.2) is 5.65 Å². The second kappa shape index (κ2) is 4.49. The third-order valence-electron chi connectivity index (χ3n) is 2.96. The van der Waals surface area contributed by atoms with Crippen molar-refractivity contribution in [3.8, 4) is 0 Å². The zero-order valence-corrected chi connectivity index (χ0v) is 9.95. The van der Waals surface area contributed by atoms with Crippen molar-refractivity contribution in [1.82, 2.24) is 14.5 Å². The third kappa shape index (κ3) is 2.05. The van der Waals surface area contributed by atoms with Crippen LogP contribution < -0.4 is 5.73 Å². The molecule has 2 heterocycles. The van der Waals surface area contributed by atoms with Gasteiger partial charge in [0, 0.05) is 6.54 Å². The van der Waals surface area contributed by atoms with Gasteiger partial charge in [-0.25, -0.2) is 9.97 Å². The number of hydrogen-bond donors (Lipinski definition) is 1. The quantitative estimate of drug-likeness (QED) is 0.761. The molecule has 0 aliphatic carbocycles. The van der Waals surface area contributed by atoms with Crippen LogP contribution in [0.2, 0.25) is 0 Å². The third-order valence-corrected chi connectivity index (χ3v) is 2.96. The Kier molecular flexibility index (Phi) is 2.68. The van der Waals surface area contributed by atoms with E-state index >= 15 is 0 Å². The number of nitrogen functional groups attached to an aromatic ring is 1. The van der Waals surface area contributed by atoms with Gasteiger partial charge in [-0.05, 0) is 18.1 Å². The van der Waals surface area contributed by atoms with E-state index in [1.165, 1.54) is 5.56 Å². The highest BCUT2D eigenvalue weighted by molar-refractivity contribution is 5.74. The number of nitrogens with two attached hydrogens (primary N) is 1. The van der Waals surface area contributed by atoms with E-state index in [1.54, 1.807) is 6.20 Å². The first-order chi connectivity index (χ1) is 8.83. The Labute approximate surface area is 105 Å². The van der Waals surface area contributed by atoms with Crippen LogP contribution in [-0.2, 0) is 13.0 Å². The van der Waals surface area contributed by atoms with Crippen LogP contribution in [0.1, 0.15) is 5.56 Å². The average molecular weight is 238 g/mol. The number of anilines is 1. The van der Waals surface area contributed by atoms with Crippen molar-refractivity contribution in [1.29, 1.82) is 0 Å². The molecule has 4 heteroatoms. The summed E-state index contributed by atoms with van der Waals surface area (Å²) >= 11 is 0. The van der Waals surface area contributed by atoms with E-state index in [0.717, 1.165) is 24.1 Å². The summed E-state index contributed by atoms with van der Waals surface area (Å²) in [5.74, 6) is 0. The van der Waals surface area contributed by atoms with Gasteiger partial charge in [-0.15, -0.1) is 0 Å². The molecule has 90 valence electrons.